The van der Waals surface area contributed by atoms with Gasteiger partial charge < -0.3 is 30.1 Å². The highest BCUT2D eigenvalue weighted by molar-refractivity contribution is 6.27. The quantitative estimate of drug-likeness (QED) is 0.233. The number of aliphatic hydroxyl groups is 1. The van der Waals surface area contributed by atoms with Gasteiger partial charge in [-0.15, -0.1) is 0 Å². The van der Waals surface area contributed by atoms with Gasteiger partial charge in [0.25, 0.3) is 0 Å². The molecule has 0 bridgehead atoms. The summed E-state index contributed by atoms with van der Waals surface area (Å²) in [6.45, 7) is 20.3. The number of carbonyl (C=O) groups is 1. The third-order valence-corrected chi connectivity index (χ3v) is 16.6. The van der Waals surface area contributed by atoms with Crippen molar-refractivity contribution in [3.05, 3.63) is 58.3 Å². The van der Waals surface area contributed by atoms with E-state index in [0.717, 1.165) is 25.7 Å². The van der Waals surface area contributed by atoms with Crippen LogP contribution in [-0.2, 0) is 10.2 Å². The standard InChI is InChI=1S/C46H59NO6/c1-22(2)23(3)10-11-24(4)29-13-14-30-28-20-33-46(21-26(48)16-19-45(46,9)31(28)17-18-44(29,30)8)47-38-40(51)36-34-27(12-15-32(49)35(34)42(38)53-33)41-37(39(36)50)43(6,7)25(5)52-41/h10-12,15,20,22-26,29-31,33,47-50H,13-14,16-19,21H2,1-9H3. The summed E-state index contributed by atoms with van der Waals surface area (Å²) in [4.78, 5) is 14.9. The number of hydrogen-bond donors (Lipinski definition) is 4. The van der Waals surface area contributed by atoms with Crippen molar-refractivity contribution in [1.29, 1.82) is 0 Å². The van der Waals surface area contributed by atoms with E-state index in [-0.39, 0.29) is 45.5 Å². The topological polar surface area (TPSA) is 108 Å². The number of Topliss-reactive ketones (excluding diaryl/α,β-unsaturated/α-hetero) is 1. The summed E-state index contributed by atoms with van der Waals surface area (Å²) in [6.07, 6.45) is 12.7. The van der Waals surface area contributed by atoms with E-state index in [1.807, 2.05) is 20.8 Å². The van der Waals surface area contributed by atoms with Crippen LogP contribution in [0.1, 0.15) is 129 Å². The number of fused-ring (bicyclic) bond motifs is 7. The van der Waals surface area contributed by atoms with E-state index in [1.54, 1.807) is 12.1 Å². The van der Waals surface area contributed by atoms with E-state index in [1.165, 1.54) is 12.0 Å². The van der Waals surface area contributed by atoms with Gasteiger partial charge in [0.2, 0.25) is 5.78 Å². The fraction of sp³-hybridized carbons (Fsp3) is 0.630. The van der Waals surface area contributed by atoms with Gasteiger partial charge in [0, 0.05) is 33.6 Å². The average Bonchev–Trinajstić information content (AvgIpc) is 3.58. The zero-order valence-corrected chi connectivity index (χ0v) is 33.1. The molecule has 1 spiro atoms. The third kappa shape index (κ3) is 4.40. The maximum absolute atomic E-state index is 14.9. The predicted molar refractivity (Wildman–Crippen MR) is 208 cm³/mol. The molecule has 3 saturated carbocycles. The molecule has 0 radical (unpaired) electrons. The van der Waals surface area contributed by atoms with Gasteiger partial charge in [-0.1, -0.05) is 73.1 Å². The van der Waals surface area contributed by atoms with Gasteiger partial charge in [-0.05, 0) is 105 Å². The van der Waals surface area contributed by atoms with Gasteiger partial charge in [0.1, 0.15) is 35.2 Å². The smallest absolute Gasteiger partial charge is 0.217 e. The fourth-order valence-corrected chi connectivity index (χ4v) is 12.7. The Morgan fingerprint density at radius 3 is 2.42 bits per heavy atom. The maximum atomic E-state index is 14.9. The van der Waals surface area contributed by atoms with Crippen LogP contribution in [-0.4, -0.2) is 45.0 Å². The number of phenols is 2. The van der Waals surface area contributed by atoms with Gasteiger partial charge in [-0.3, -0.25) is 4.79 Å². The molecular weight excluding hydrogens is 663 g/mol. The lowest BCUT2D eigenvalue weighted by molar-refractivity contribution is -0.120. The number of ketones is 1. The molecule has 9 rings (SSSR count). The Kier molecular flexibility index (Phi) is 7.52. The van der Waals surface area contributed by atoms with E-state index in [9.17, 15) is 20.1 Å². The van der Waals surface area contributed by atoms with Crippen molar-refractivity contribution < 1.29 is 29.6 Å². The van der Waals surface area contributed by atoms with Crippen LogP contribution in [0.2, 0.25) is 0 Å². The van der Waals surface area contributed by atoms with E-state index < -0.39 is 23.2 Å². The van der Waals surface area contributed by atoms with Crippen molar-refractivity contribution in [2.75, 3.05) is 0 Å². The molecule has 284 valence electrons. The van der Waals surface area contributed by atoms with Crippen molar-refractivity contribution >= 4 is 22.3 Å². The normalized spacial score (nSPS) is 38.8. The number of hydrogen-bond acceptors (Lipinski definition) is 7. The number of aliphatic hydroxyl groups excluding tert-OH is 1. The van der Waals surface area contributed by atoms with Crippen LogP contribution in [0, 0.1) is 46.3 Å². The van der Waals surface area contributed by atoms with E-state index >= 15 is 0 Å². The molecule has 2 aromatic rings. The third-order valence-electron chi connectivity index (χ3n) is 16.6. The van der Waals surface area contributed by atoms with Gasteiger partial charge in [0.05, 0.1) is 22.8 Å². The molecule has 11 unspecified atom stereocenters. The summed E-state index contributed by atoms with van der Waals surface area (Å²) in [5, 5.41) is 40.0. The summed E-state index contributed by atoms with van der Waals surface area (Å²) < 4.78 is 13.6. The van der Waals surface area contributed by atoms with E-state index in [0.29, 0.717) is 81.8 Å². The molecule has 0 amide bonds. The van der Waals surface area contributed by atoms with Crippen molar-refractivity contribution in [2.24, 2.45) is 46.3 Å². The highest BCUT2D eigenvalue weighted by atomic mass is 16.5. The molecular formula is C46H59NO6. The van der Waals surface area contributed by atoms with Gasteiger partial charge in [-0.2, -0.15) is 0 Å². The highest BCUT2D eigenvalue weighted by Crippen LogP contribution is 2.69. The Labute approximate surface area is 314 Å². The Bertz CT molecular complexity index is 2040. The summed E-state index contributed by atoms with van der Waals surface area (Å²) in [7, 11) is 0. The van der Waals surface area contributed by atoms with Crippen LogP contribution < -0.4 is 10.1 Å². The molecule has 4 N–H and O–H groups in total. The van der Waals surface area contributed by atoms with Crippen LogP contribution in [0.4, 0.5) is 0 Å². The first-order chi connectivity index (χ1) is 25.0. The monoisotopic (exact) mass is 721 g/mol. The zero-order chi connectivity index (χ0) is 37.7. The van der Waals surface area contributed by atoms with Gasteiger partial charge >= 0.3 is 0 Å². The lowest BCUT2D eigenvalue weighted by Gasteiger charge is -2.66. The minimum atomic E-state index is -0.744. The molecule has 2 aliphatic heterocycles. The predicted octanol–water partition coefficient (Wildman–Crippen LogP) is 9.32. The minimum absolute atomic E-state index is 0.00774. The fourth-order valence-electron chi connectivity index (χ4n) is 12.7. The molecule has 2 aromatic carbocycles. The van der Waals surface area contributed by atoms with Gasteiger partial charge in [-0.25, -0.2) is 0 Å². The Morgan fingerprint density at radius 2 is 1.68 bits per heavy atom. The molecule has 0 saturated heterocycles. The lowest BCUT2D eigenvalue weighted by Crippen LogP contribution is -2.73. The van der Waals surface area contributed by atoms with Crippen LogP contribution in [0.25, 0.3) is 16.5 Å². The second kappa shape index (κ2) is 11.3. The summed E-state index contributed by atoms with van der Waals surface area (Å²) in [6, 6.07) is 3.44. The number of allylic oxidation sites excluding steroid dienone is 4. The lowest BCUT2D eigenvalue weighted by atomic mass is 9.44. The molecule has 7 heteroatoms. The Hall–Kier alpha value is -3.45. The van der Waals surface area contributed by atoms with Crippen molar-refractivity contribution in [2.45, 2.75) is 137 Å². The number of aromatic hydroxyl groups is 2. The van der Waals surface area contributed by atoms with E-state index in [2.05, 4.69) is 65.1 Å². The second-order valence-corrected chi connectivity index (χ2v) is 19.6. The Morgan fingerprint density at radius 1 is 0.925 bits per heavy atom. The first-order valence-electron chi connectivity index (χ1n) is 20.5. The maximum Gasteiger partial charge on any atom is 0.217 e. The van der Waals surface area contributed by atoms with Crippen LogP contribution >= 0.6 is 0 Å². The zero-order valence-electron chi connectivity index (χ0n) is 33.1. The average molecular weight is 722 g/mol. The second-order valence-electron chi connectivity index (χ2n) is 19.6. The number of ether oxygens (including phenoxy) is 2. The molecule has 5 aliphatic carbocycles. The molecule has 7 nitrogen and oxygen atoms in total. The first kappa shape index (κ1) is 35.3. The highest BCUT2D eigenvalue weighted by Gasteiger charge is 2.68. The number of carbonyl (C=O) groups excluding carboxylic acids is 1. The van der Waals surface area contributed by atoms with E-state index in [4.69, 9.17) is 9.47 Å². The minimum Gasteiger partial charge on any atom is -0.507 e. The number of phenolic OH excluding ortho intramolecular Hbond substituents is 2. The van der Waals surface area contributed by atoms with Crippen LogP contribution in [0.5, 0.6) is 17.2 Å². The molecule has 11 atom stereocenters. The molecule has 0 aromatic heterocycles. The molecule has 53 heavy (non-hydrogen) atoms. The van der Waals surface area contributed by atoms with Crippen molar-refractivity contribution in [3.63, 3.8) is 0 Å². The van der Waals surface area contributed by atoms with Crippen LogP contribution in [0.3, 0.4) is 0 Å². The largest absolute Gasteiger partial charge is 0.507 e. The number of benzene rings is 2. The van der Waals surface area contributed by atoms with Crippen LogP contribution in [0.15, 0.2) is 41.6 Å². The summed E-state index contributed by atoms with van der Waals surface area (Å²) in [5.41, 5.74) is 1.59. The van der Waals surface area contributed by atoms with Gasteiger partial charge in [0.15, 0.2) is 5.76 Å². The number of nitrogens with one attached hydrogen (secondary N) is 1. The molecule has 2 heterocycles. The molecule has 3 fully saturated rings. The molecule has 7 aliphatic rings. The summed E-state index contributed by atoms with van der Waals surface area (Å²) >= 11 is 0. The Balaban J connectivity index is 1.18. The SMILES string of the molecule is CC(C)C(C)C=CC(C)C1CCC2C3=CC4OC5=C(NC46CC(O)CCC6(C)C3CCC21C)C(=O)c1c(O)c2c(c3ccc(O)c5c13)OC(C)C2(C)C. The van der Waals surface area contributed by atoms with Crippen molar-refractivity contribution in [3.8, 4) is 17.2 Å². The number of rotatable bonds is 4. The van der Waals surface area contributed by atoms with Crippen molar-refractivity contribution in [1.82, 2.24) is 5.32 Å². The first-order valence-corrected chi connectivity index (χ1v) is 20.5. The summed E-state index contributed by atoms with van der Waals surface area (Å²) in [5.74, 6) is 3.47.